The summed E-state index contributed by atoms with van der Waals surface area (Å²) in [6.45, 7) is 0.685. The predicted molar refractivity (Wildman–Crippen MR) is 192 cm³/mol. The molecule has 5 amide bonds. The van der Waals surface area contributed by atoms with E-state index in [2.05, 4.69) is 25.5 Å². The second-order valence-electron chi connectivity index (χ2n) is 14.1. The molecule has 2 saturated heterocycles. The molecule has 0 saturated carbocycles. The molecule has 2 aliphatic heterocycles. The van der Waals surface area contributed by atoms with E-state index in [0.717, 1.165) is 36.1 Å². The molecule has 18 heteroatoms. The molecular weight excluding hydrogens is 727 g/mol. The highest BCUT2D eigenvalue weighted by Crippen LogP contribution is 2.42. The monoisotopic (exact) mass is 771 g/mol. The summed E-state index contributed by atoms with van der Waals surface area (Å²) in [5.74, 6) is -2.83. The number of nitrogens with one attached hydrogen (secondary N) is 4. The van der Waals surface area contributed by atoms with Crippen molar-refractivity contribution < 1.29 is 47.1 Å². The summed E-state index contributed by atoms with van der Waals surface area (Å²) >= 11 is 0. The Labute approximate surface area is 311 Å². The van der Waals surface area contributed by atoms with Crippen molar-refractivity contribution in [3.63, 3.8) is 0 Å². The number of amides is 5. The van der Waals surface area contributed by atoms with Crippen LogP contribution in [-0.2, 0) is 36.2 Å². The Kier molecular flexibility index (Phi) is 11.9. The maximum Gasteiger partial charge on any atom is 0.389 e. The second-order valence-corrected chi connectivity index (χ2v) is 14.8. The van der Waals surface area contributed by atoms with Crippen LogP contribution in [0, 0.1) is 0 Å². The number of carbonyl (C=O) groups is 5. The van der Waals surface area contributed by atoms with E-state index in [1.54, 1.807) is 0 Å². The number of benzene rings is 2. The first-order valence-electron chi connectivity index (χ1n) is 17.9. The number of nitrogens with zero attached hydrogens (tertiary/aromatic N) is 2. The summed E-state index contributed by atoms with van der Waals surface area (Å²) in [6.07, 6.45) is -0.276. The fourth-order valence-electron chi connectivity index (χ4n) is 7.72. The number of carbonyl (C=O) groups excluding carboxylic acids is 5. The molecule has 0 radical (unpaired) electrons. The molecule has 8 N–H and O–H groups in total. The quantitative estimate of drug-likeness (QED) is 0.134. The number of aromatic nitrogens is 1. The lowest BCUT2D eigenvalue weighted by atomic mass is 9.87. The average Bonchev–Trinajstić information content (AvgIpc) is 3.75. The van der Waals surface area contributed by atoms with Gasteiger partial charge in [0.15, 0.2) is 0 Å². The molecule has 2 aromatic carbocycles. The lowest BCUT2D eigenvalue weighted by molar-refractivity contribution is -0.189. The van der Waals surface area contributed by atoms with Gasteiger partial charge in [0, 0.05) is 29.9 Å². The van der Waals surface area contributed by atoms with E-state index >= 15 is 0 Å². The van der Waals surface area contributed by atoms with Crippen LogP contribution in [0.3, 0.4) is 0 Å². The summed E-state index contributed by atoms with van der Waals surface area (Å²) in [5, 5.41) is 8.81. The number of hydrogen-bond donors (Lipinski definition) is 7. The number of halogens is 2. The van der Waals surface area contributed by atoms with Gasteiger partial charge in [0.2, 0.25) is 23.6 Å². The van der Waals surface area contributed by atoms with Crippen LogP contribution in [-0.4, -0.2) is 98.4 Å². The number of primary amides is 1. The number of nitrogens with two attached hydrogens (primary N) is 1. The number of rotatable bonds is 12. The molecule has 1 aliphatic carbocycles. The van der Waals surface area contributed by atoms with Crippen molar-refractivity contribution in [2.24, 2.45) is 5.73 Å². The first-order valence-corrected chi connectivity index (χ1v) is 19.0. The number of aryl methyl sites for hydroxylation is 1. The topological polar surface area (TPSA) is 219 Å². The van der Waals surface area contributed by atoms with E-state index < -0.39 is 67.9 Å². The van der Waals surface area contributed by atoms with Gasteiger partial charge in [-0.15, -0.1) is 0 Å². The van der Waals surface area contributed by atoms with Gasteiger partial charge in [-0.05, 0) is 93.9 Å². The molecule has 0 unspecified atom stereocenters. The van der Waals surface area contributed by atoms with Crippen LogP contribution in [0.15, 0.2) is 48.5 Å². The molecular formula is C36H44F2N7O8P. The summed E-state index contributed by atoms with van der Waals surface area (Å²) < 4.78 is 32.7. The Bertz CT molecular complexity index is 1910. The van der Waals surface area contributed by atoms with Crippen LogP contribution in [0.2, 0.25) is 0 Å². The summed E-state index contributed by atoms with van der Waals surface area (Å²) in [6, 6.07) is 8.80. The first kappa shape index (κ1) is 39.2. The summed E-state index contributed by atoms with van der Waals surface area (Å²) in [7, 11) is -1.53. The molecule has 54 heavy (non-hydrogen) atoms. The van der Waals surface area contributed by atoms with Crippen molar-refractivity contribution in [2.45, 2.75) is 87.7 Å². The van der Waals surface area contributed by atoms with Crippen molar-refractivity contribution in [3.8, 4) is 0 Å². The van der Waals surface area contributed by atoms with Gasteiger partial charge in [0.25, 0.3) is 5.91 Å². The van der Waals surface area contributed by atoms with E-state index in [4.69, 9.17) is 15.5 Å². The maximum absolute atomic E-state index is 14.4. The van der Waals surface area contributed by atoms with Crippen molar-refractivity contribution in [1.82, 2.24) is 30.7 Å². The molecule has 2 fully saturated rings. The zero-order chi connectivity index (χ0) is 38.7. The molecule has 6 rings (SSSR count). The van der Waals surface area contributed by atoms with E-state index in [1.165, 1.54) is 17.0 Å². The molecule has 1 aromatic heterocycles. The standard InChI is InChI=1S/C36H44F2N7O8P/c1-44-16-15-23-10-13-30(34(49)42-27(12-14-31(39)46)32(47)41-26-8-4-6-20-5-2-3-7-24(20)26)45(23)35(50)29(19-44)43-33(48)28-18-21-17-22(9-11-25(21)40-28)36(37,38)53-54(51)52/h2-3,5,7,9,11,17-18,23,26-27,29-30,40,51-52H,4,6,8,10,12-16,19H2,1H3,(H2,39,46)(H,41,47)(H,42,49)(H,43,48)/t23-,26+,27+,29+,30+/m1/s1. The highest BCUT2D eigenvalue weighted by Gasteiger charge is 2.45. The van der Waals surface area contributed by atoms with Crippen molar-refractivity contribution >= 4 is 49.0 Å². The number of H-pyrrole nitrogens is 1. The third-order valence-electron chi connectivity index (χ3n) is 10.4. The van der Waals surface area contributed by atoms with Gasteiger partial charge in [-0.1, -0.05) is 24.3 Å². The third-order valence-corrected chi connectivity index (χ3v) is 10.8. The van der Waals surface area contributed by atoms with E-state index in [0.29, 0.717) is 37.7 Å². The maximum atomic E-state index is 14.4. The highest BCUT2D eigenvalue weighted by atomic mass is 31.2. The lowest BCUT2D eigenvalue weighted by Crippen LogP contribution is -2.61. The molecule has 3 aromatic rings. The average molecular weight is 772 g/mol. The molecule has 290 valence electrons. The molecule has 15 nitrogen and oxygen atoms in total. The minimum absolute atomic E-state index is 0.0216. The molecule has 0 spiro atoms. The largest absolute Gasteiger partial charge is 0.389 e. The second kappa shape index (κ2) is 16.4. The zero-order valence-electron chi connectivity index (χ0n) is 29.6. The van der Waals surface area contributed by atoms with Crippen molar-refractivity contribution in [3.05, 3.63) is 70.9 Å². The van der Waals surface area contributed by atoms with Gasteiger partial charge in [-0.25, -0.2) is 4.52 Å². The summed E-state index contributed by atoms with van der Waals surface area (Å²) in [4.78, 5) is 91.3. The number of alkyl halides is 2. The van der Waals surface area contributed by atoms with Gasteiger partial charge < -0.3 is 46.3 Å². The van der Waals surface area contributed by atoms with E-state index in [-0.39, 0.29) is 42.6 Å². The molecule has 5 atom stereocenters. The minimum Gasteiger partial charge on any atom is -0.370 e. The first-order chi connectivity index (χ1) is 25.7. The molecule has 3 heterocycles. The Hall–Kier alpha value is -4.54. The number of likely N-dealkylation sites (N-methyl/N-ethyl adjacent to an activating group) is 1. The van der Waals surface area contributed by atoms with Crippen molar-refractivity contribution in [2.75, 3.05) is 20.1 Å². The van der Waals surface area contributed by atoms with Crippen LogP contribution >= 0.6 is 8.60 Å². The third kappa shape index (κ3) is 8.87. The smallest absolute Gasteiger partial charge is 0.370 e. The number of hydrogen-bond acceptors (Lipinski definition) is 9. The normalized spacial score (nSPS) is 22.6. The Morgan fingerprint density at radius 3 is 2.59 bits per heavy atom. The SMILES string of the molecule is CN1CC[C@H]2CC[C@@H](C(=O)N[C@@H](CCC(N)=O)C(=O)N[C@H]3CCCc4ccccc43)N2C(=O)[C@@H](NC(=O)c2cc3cc(C(F)(F)OP(O)O)ccc3[nH]2)C1. The fourth-order valence-corrected chi connectivity index (χ4v) is 8.03. The van der Waals surface area contributed by atoms with Gasteiger partial charge in [0.05, 0.1) is 11.6 Å². The van der Waals surface area contributed by atoms with Crippen molar-refractivity contribution in [1.29, 1.82) is 0 Å². The Balaban J connectivity index is 1.17. The van der Waals surface area contributed by atoms with Crippen LogP contribution in [0.25, 0.3) is 10.9 Å². The Morgan fingerprint density at radius 1 is 1.06 bits per heavy atom. The molecule has 0 bridgehead atoms. The van der Waals surface area contributed by atoms with Crippen LogP contribution in [0.4, 0.5) is 8.78 Å². The van der Waals surface area contributed by atoms with E-state index in [9.17, 15) is 32.8 Å². The zero-order valence-corrected chi connectivity index (χ0v) is 30.5. The number of aromatic amines is 1. The van der Waals surface area contributed by atoms with Gasteiger partial charge in [0.1, 0.15) is 23.8 Å². The van der Waals surface area contributed by atoms with E-state index in [1.807, 2.05) is 36.2 Å². The van der Waals surface area contributed by atoms with Gasteiger partial charge in [-0.2, -0.15) is 8.78 Å². The van der Waals surface area contributed by atoms with Crippen LogP contribution < -0.4 is 21.7 Å². The number of fused-ring (bicyclic) bond motifs is 3. The molecule has 3 aliphatic rings. The minimum atomic E-state index is -4.00. The highest BCUT2D eigenvalue weighted by molar-refractivity contribution is 7.39. The predicted octanol–water partition coefficient (Wildman–Crippen LogP) is 2.18. The van der Waals surface area contributed by atoms with Crippen LogP contribution in [0.5, 0.6) is 0 Å². The fraction of sp³-hybridized carbons (Fsp3) is 0.472. The summed E-state index contributed by atoms with van der Waals surface area (Å²) in [5.41, 5.74) is 7.21. The van der Waals surface area contributed by atoms with Gasteiger partial charge >= 0.3 is 14.7 Å². The Morgan fingerprint density at radius 2 is 1.83 bits per heavy atom. The lowest BCUT2D eigenvalue weighted by Gasteiger charge is -2.38. The van der Waals surface area contributed by atoms with Crippen LogP contribution in [0.1, 0.15) is 78.2 Å². The van der Waals surface area contributed by atoms with Gasteiger partial charge in [-0.3, -0.25) is 24.0 Å².